The van der Waals surface area contributed by atoms with Gasteiger partial charge in [-0.05, 0) is 67.2 Å². The summed E-state index contributed by atoms with van der Waals surface area (Å²) in [4.78, 5) is 25.8. The molecule has 1 saturated carbocycles. The number of ether oxygens (including phenoxy) is 2. The van der Waals surface area contributed by atoms with Gasteiger partial charge in [-0.15, -0.1) is 0 Å². The van der Waals surface area contributed by atoms with E-state index in [4.69, 9.17) is 15.2 Å². The predicted molar refractivity (Wildman–Crippen MR) is 115 cm³/mol. The van der Waals surface area contributed by atoms with Crippen molar-refractivity contribution < 1.29 is 19.1 Å². The summed E-state index contributed by atoms with van der Waals surface area (Å²) in [6.45, 7) is 4.10. The van der Waals surface area contributed by atoms with Gasteiger partial charge in [-0.2, -0.15) is 0 Å². The van der Waals surface area contributed by atoms with Crippen LogP contribution in [0.5, 0.6) is 0 Å². The molecule has 0 amide bonds. The lowest BCUT2D eigenvalue weighted by Crippen LogP contribution is -2.29. The Kier molecular flexibility index (Phi) is 5.62. The van der Waals surface area contributed by atoms with Crippen molar-refractivity contribution in [1.29, 1.82) is 0 Å². The Bertz CT molecular complexity index is 964. The van der Waals surface area contributed by atoms with Gasteiger partial charge < -0.3 is 15.2 Å². The number of benzene rings is 2. The Balaban J connectivity index is 1.87. The molecule has 2 aromatic rings. The van der Waals surface area contributed by atoms with Gasteiger partial charge in [-0.25, -0.2) is 9.59 Å². The van der Waals surface area contributed by atoms with Crippen molar-refractivity contribution in [3.8, 4) is 0 Å². The maximum Gasteiger partial charge on any atom is 0.334 e. The summed E-state index contributed by atoms with van der Waals surface area (Å²) in [6.07, 6.45) is 0.733. The minimum atomic E-state index is -0.403. The summed E-state index contributed by atoms with van der Waals surface area (Å²) in [5.74, 6) is -0.835. The first-order chi connectivity index (χ1) is 14.6. The van der Waals surface area contributed by atoms with Crippen LogP contribution in [0.4, 0.5) is 5.69 Å². The molecule has 2 aliphatic carbocycles. The molecule has 0 aliphatic heterocycles. The number of hydrogen-bond acceptors (Lipinski definition) is 5. The molecule has 2 bridgehead atoms. The fourth-order valence-electron chi connectivity index (χ4n) is 5.27. The van der Waals surface area contributed by atoms with Crippen LogP contribution in [0.25, 0.3) is 0 Å². The van der Waals surface area contributed by atoms with Gasteiger partial charge in [0, 0.05) is 5.69 Å². The first-order valence-corrected chi connectivity index (χ1v) is 10.5. The maximum absolute atomic E-state index is 12.9. The molecule has 30 heavy (non-hydrogen) atoms. The second-order valence-electron chi connectivity index (χ2n) is 7.85. The highest BCUT2D eigenvalue weighted by Crippen LogP contribution is 2.63. The second kappa shape index (κ2) is 8.34. The molecule has 0 radical (unpaired) electrons. The van der Waals surface area contributed by atoms with Crippen molar-refractivity contribution in [2.45, 2.75) is 32.1 Å². The molecule has 2 aliphatic rings. The third kappa shape index (κ3) is 3.38. The average Bonchev–Trinajstić information content (AvgIpc) is 3.32. The lowest BCUT2D eigenvalue weighted by molar-refractivity contribution is -0.142. The van der Waals surface area contributed by atoms with E-state index in [1.165, 1.54) is 0 Å². The number of carbonyl (C=O) groups is 2. The van der Waals surface area contributed by atoms with Crippen LogP contribution in [0.2, 0.25) is 0 Å². The van der Waals surface area contributed by atoms with Gasteiger partial charge in [-0.1, -0.05) is 42.5 Å². The van der Waals surface area contributed by atoms with Gasteiger partial charge in [0.05, 0.1) is 24.4 Å². The predicted octanol–water partition coefficient (Wildman–Crippen LogP) is 4.21. The molecule has 0 unspecified atom stereocenters. The monoisotopic (exact) mass is 405 g/mol. The van der Waals surface area contributed by atoms with E-state index in [9.17, 15) is 9.59 Å². The number of esters is 2. The Hall–Kier alpha value is -3.08. The summed E-state index contributed by atoms with van der Waals surface area (Å²) in [5, 5.41) is 0. The van der Waals surface area contributed by atoms with Gasteiger partial charge in [-0.3, -0.25) is 0 Å². The van der Waals surface area contributed by atoms with Crippen molar-refractivity contribution in [2.75, 3.05) is 18.9 Å². The molecule has 2 aromatic carbocycles. The van der Waals surface area contributed by atoms with Gasteiger partial charge in [0.15, 0.2) is 0 Å². The highest BCUT2D eigenvalue weighted by molar-refractivity contribution is 6.03. The number of rotatable bonds is 6. The van der Waals surface area contributed by atoms with Gasteiger partial charge in [0.1, 0.15) is 0 Å². The van der Waals surface area contributed by atoms with E-state index in [2.05, 4.69) is 12.1 Å². The molecule has 156 valence electrons. The maximum atomic E-state index is 12.9. The topological polar surface area (TPSA) is 78.6 Å². The van der Waals surface area contributed by atoms with Crippen LogP contribution >= 0.6 is 0 Å². The zero-order valence-corrected chi connectivity index (χ0v) is 17.3. The van der Waals surface area contributed by atoms with Crippen molar-refractivity contribution in [3.63, 3.8) is 0 Å². The molecule has 0 spiro atoms. The smallest absolute Gasteiger partial charge is 0.334 e. The molecule has 4 atom stereocenters. The minimum absolute atomic E-state index is 0.0654. The van der Waals surface area contributed by atoms with E-state index in [0.29, 0.717) is 16.8 Å². The van der Waals surface area contributed by atoms with E-state index in [1.54, 1.807) is 13.8 Å². The summed E-state index contributed by atoms with van der Waals surface area (Å²) >= 11 is 0. The van der Waals surface area contributed by atoms with Gasteiger partial charge >= 0.3 is 11.9 Å². The Morgan fingerprint density at radius 2 is 1.27 bits per heavy atom. The molecule has 2 N–H and O–H groups in total. The molecule has 1 fully saturated rings. The highest BCUT2D eigenvalue weighted by Gasteiger charge is 2.57. The van der Waals surface area contributed by atoms with Crippen LogP contribution in [0, 0.1) is 11.8 Å². The van der Waals surface area contributed by atoms with Crippen molar-refractivity contribution in [2.24, 2.45) is 11.8 Å². The average molecular weight is 405 g/mol. The van der Waals surface area contributed by atoms with Crippen molar-refractivity contribution in [1.82, 2.24) is 0 Å². The van der Waals surface area contributed by atoms with E-state index in [-0.39, 0.29) is 36.9 Å². The zero-order chi connectivity index (χ0) is 21.3. The first-order valence-electron chi connectivity index (χ1n) is 10.5. The Morgan fingerprint density at radius 3 is 1.73 bits per heavy atom. The number of hydrogen-bond donors (Lipinski definition) is 1. The Labute approximate surface area is 176 Å². The largest absolute Gasteiger partial charge is 0.463 e. The molecule has 5 heteroatoms. The van der Waals surface area contributed by atoms with E-state index in [0.717, 1.165) is 17.5 Å². The lowest BCUT2D eigenvalue weighted by Gasteiger charge is -2.34. The van der Waals surface area contributed by atoms with Crippen molar-refractivity contribution >= 4 is 17.6 Å². The van der Waals surface area contributed by atoms with E-state index in [1.807, 2.05) is 42.5 Å². The molecule has 0 heterocycles. The van der Waals surface area contributed by atoms with Crippen LogP contribution in [-0.4, -0.2) is 25.2 Å². The molecular formula is C25H27NO4. The number of carbonyl (C=O) groups excluding carboxylic acids is 2. The molecular weight excluding hydrogens is 378 g/mol. The van der Waals surface area contributed by atoms with Gasteiger partial charge in [0.25, 0.3) is 0 Å². The van der Waals surface area contributed by atoms with Gasteiger partial charge in [0.2, 0.25) is 0 Å². The van der Waals surface area contributed by atoms with Crippen LogP contribution in [-0.2, 0) is 19.1 Å². The van der Waals surface area contributed by atoms with E-state index < -0.39 is 11.9 Å². The van der Waals surface area contributed by atoms with Crippen molar-refractivity contribution in [3.05, 3.63) is 76.9 Å². The lowest BCUT2D eigenvalue weighted by atomic mass is 9.70. The number of fused-ring (bicyclic) bond motifs is 2. The second-order valence-corrected chi connectivity index (χ2v) is 7.85. The number of anilines is 1. The van der Waals surface area contributed by atoms with Crippen LogP contribution in [0.1, 0.15) is 43.2 Å². The molecule has 0 saturated heterocycles. The normalized spacial score (nSPS) is 24.7. The first kappa shape index (κ1) is 20.2. The summed E-state index contributed by atoms with van der Waals surface area (Å²) in [6, 6.07) is 18.1. The number of nitrogens with two attached hydrogens (primary N) is 1. The molecule has 5 nitrogen and oxygen atoms in total. The zero-order valence-electron chi connectivity index (χ0n) is 17.3. The molecule has 0 aromatic heterocycles. The fourth-order valence-corrected chi connectivity index (χ4v) is 5.27. The van der Waals surface area contributed by atoms with Crippen LogP contribution in [0.15, 0.2) is 65.7 Å². The fraction of sp³-hybridized carbons (Fsp3) is 0.360. The SMILES string of the molecule is CCOC(=O)C1=C(C(=O)OCC)[C@@H]2C[C@H]1[C@@H](c1ccc(N)cc1)[C@H]2c1ccccc1. The standard InChI is InChI=1S/C25H27NO4/c1-3-29-24(27)22-18-14-19(23(22)25(28)30-4-2)21(16-10-12-17(26)13-11-16)20(18)15-8-6-5-7-9-15/h5-13,18-21H,3-4,14,26H2,1-2H3/t18-,19+,20+,21-/m1/s1. The third-order valence-corrected chi connectivity index (χ3v) is 6.29. The highest BCUT2D eigenvalue weighted by atomic mass is 16.5. The summed E-state index contributed by atoms with van der Waals surface area (Å²) in [5.41, 5.74) is 9.89. The molecule has 4 rings (SSSR count). The van der Waals surface area contributed by atoms with E-state index >= 15 is 0 Å². The Morgan fingerprint density at radius 1 is 0.800 bits per heavy atom. The summed E-state index contributed by atoms with van der Waals surface area (Å²) in [7, 11) is 0. The van der Waals surface area contributed by atoms with Crippen LogP contribution < -0.4 is 5.73 Å². The summed E-state index contributed by atoms with van der Waals surface area (Å²) < 4.78 is 10.7. The van der Waals surface area contributed by atoms with Crippen LogP contribution in [0.3, 0.4) is 0 Å². The quantitative estimate of drug-likeness (QED) is 0.575. The third-order valence-electron chi connectivity index (χ3n) is 6.29. The minimum Gasteiger partial charge on any atom is -0.463 e. The number of nitrogen functional groups attached to an aromatic ring is 1.